The summed E-state index contributed by atoms with van der Waals surface area (Å²) >= 11 is 2.94. The predicted molar refractivity (Wildman–Crippen MR) is 97.7 cm³/mol. The highest BCUT2D eigenvalue weighted by atomic mass is 32.2. The molecule has 0 bridgehead atoms. The van der Waals surface area contributed by atoms with Crippen molar-refractivity contribution in [1.29, 1.82) is 0 Å². The van der Waals surface area contributed by atoms with Crippen molar-refractivity contribution >= 4 is 40.6 Å². The first-order chi connectivity index (χ1) is 11.1. The molecule has 0 atom stereocenters. The van der Waals surface area contributed by atoms with E-state index in [-0.39, 0.29) is 11.8 Å². The highest BCUT2D eigenvalue weighted by molar-refractivity contribution is 7.98. The molecular weight excluding hydrogens is 328 g/mol. The summed E-state index contributed by atoms with van der Waals surface area (Å²) in [6.07, 6.45) is 1.94. The molecule has 0 fully saturated rings. The van der Waals surface area contributed by atoms with Gasteiger partial charge in [0.2, 0.25) is 0 Å². The molecule has 1 heterocycles. The van der Waals surface area contributed by atoms with Crippen LogP contribution in [0.3, 0.4) is 0 Å². The van der Waals surface area contributed by atoms with Crippen molar-refractivity contribution in [2.24, 2.45) is 0 Å². The van der Waals surface area contributed by atoms with Crippen LogP contribution >= 0.6 is 23.1 Å². The molecule has 2 aromatic rings. The smallest absolute Gasteiger partial charge is 0.266 e. The minimum atomic E-state index is -0.177. The first-order valence-corrected chi connectivity index (χ1v) is 9.53. The van der Waals surface area contributed by atoms with E-state index in [1.54, 1.807) is 17.0 Å². The SMILES string of the molecule is CCN(CC)C(=O)c1ccccc1NC(=O)c1sccc1SC. The molecule has 0 aliphatic heterocycles. The minimum absolute atomic E-state index is 0.0674. The maximum Gasteiger partial charge on any atom is 0.266 e. The third kappa shape index (κ3) is 3.95. The van der Waals surface area contributed by atoms with Crippen LogP contribution in [0.2, 0.25) is 0 Å². The van der Waals surface area contributed by atoms with Gasteiger partial charge >= 0.3 is 0 Å². The monoisotopic (exact) mass is 348 g/mol. The summed E-state index contributed by atoms with van der Waals surface area (Å²) in [5.74, 6) is -0.244. The number of rotatable bonds is 6. The van der Waals surface area contributed by atoms with Crippen LogP contribution in [0.5, 0.6) is 0 Å². The summed E-state index contributed by atoms with van der Waals surface area (Å²) in [7, 11) is 0. The van der Waals surface area contributed by atoms with Gasteiger partial charge in [0.25, 0.3) is 11.8 Å². The topological polar surface area (TPSA) is 49.4 Å². The van der Waals surface area contributed by atoms with E-state index < -0.39 is 0 Å². The Labute approximate surface area is 144 Å². The van der Waals surface area contributed by atoms with Crippen molar-refractivity contribution < 1.29 is 9.59 Å². The van der Waals surface area contributed by atoms with Gasteiger partial charge in [0.15, 0.2) is 0 Å². The second kappa shape index (κ2) is 8.17. The number of amides is 2. The zero-order valence-electron chi connectivity index (χ0n) is 13.5. The molecule has 6 heteroatoms. The lowest BCUT2D eigenvalue weighted by atomic mass is 10.1. The van der Waals surface area contributed by atoms with E-state index in [0.29, 0.717) is 29.2 Å². The molecule has 0 radical (unpaired) electrons. The molecule has 2 amide bonds. The number of carbonyl (C=O) groups excluding carboxylic acids is 2. The molecule has 0 saturated carbocycles. The van der Waals surface area contributed by atoms with Crippen LogP contribution in [0.4, 0.5) is 5.69 Å². The van der Waals surface area contributed by atoms with E-state index in [1.165, 1.54) is 23.1 Å². The maximum absolute atomic E-state index is 12.6. The van der Waals surface area contributed by atoms with E-state index in [1.807, 2.05) is 43.7 Å². The van der Waals surface area contributed by atoms with Crippen molar-refractivity contribution in [2.75, 3.05) is 24.7 Å². The largest absolute Gasteiger partial charge is 0.339 e. The van der Waals surface area contributed by atoms with E-state index in [0.717, 1.165) is 4.90 Å². The molecule has 1 aromatic heterocycles. The number of benzene rings is 1. The minimum Gasteiger partial charge on any atom is -0.339 e. The van der Waals surface area contributed by atoms with Gasteiger partial charge in [0.05, 0.1) is 11.3 Å². The molecule has 0 aliphatic carbocycles. The summed E-state index contributed by atoms with van der Waals surface area (Å²) in [6.45, 7) is 5.16. The molecule has 0 saturated heterocycles. The Balaban J connectivity index is 2.27. The van der Waals surface area contributed by atoms with Gasteiger partial charge in [-0.05, 0) is 43.7 Å². The van der Waals surface area contributed by atoms with Gasteiger partial charge in [-0.3, -0.25) is 9.59 Å². The van der Waals surface area contributed by atoms with Crippen LogP contribution in [0.25, 0.3) is 0 Å². The Morgan fingerprint density at radius 1 is 1.17 bits per heavy atom. The third-order valence-electron chi connectivity index (χ3n) is 3.51. The number of thiophene rings is 1. The highest BCUT2D eigenvalue weighted by Crippen LogP contribution is 2.27. The standard InChI is InChI=1S/C17H20N2O2S2/c1-4-19(5-2)17(21)12-8-6-7-9-13(12)18-16(20)15-14(22-3)10-11-23-15/h6-11H,4-5H2,1-3H3,(H,18,20). The fraction of sp³-hybridized carbons (Fsp3) is 0.294. The van der Waals surface area contributed by atoms with Gasteiger partial charge in [-0.25, -0.2) is 0 Å². The number of para-hydroxylation sites is 1. The zero-order chi connectivity index (χ0) is 16.8. The molecular formula is C17H20N2O2S2. The molecule has 0 unspecified atom stereocenters. The Morgan fingerprint density at radius 3 is 2.52 bits per heavy atom. The maximum atomic E-state index is 12.6. The zero-order valence-corrected chi connectivity index (χ0v) is 15.1. The van der Waals surface area contributed by atoms with Gasteiger partial charge in [0.1, 0.15) is 4.88 Å². The van der Waals surface area contributed by atoms with Gasteiger partial charge in [-0.1, -0.05) is 12.1 Å². The second-order valence-corrected chi connectivity index (χ2v) is 6.56. The Hall–Kier alpha value is -1.79. The van der Waals surface area contributed by atoms with Crippen molar-refractivity contribution in [3.63, 3.8) is 0 Å². The van der Waals surface area contributed by atoms with Gasteiger partial charge in [0, 0.05) is 18.0 Å². The molecule has 4 nitrogen and oxygen atoms in total. The van der Waals surface area contributed by atoms with Crippen LogP contribution in [-0.2, 0) is 0 Å². The van der Waals surface area contributed by atoms with Crippen LogP contribution in [0, 0.1) is 0 Å². The summed E-state index contributed by atoms with van der Waals surface area (Å²) in [5.41, 5.74) is 1.07. The normalized spacial score (nSPS) is 10.4. The van der Waals surface area contributed by atoms with Crippen molar-refractivity contribution in [2.45, 2.75) is 18.7 Å². The fourth-order valence-corrected chi connectivity index (χ4v) is 3.91. The van der Waals surface area contributed by atoms with Crippen LogP contribution in [-0.4, -0.2) is 36.1 Å². The lowest BCUT2D eigenvalue weighted by molar-refractivity contribution is 0.0774. The van der Waals surface area contributed by atoms with Crippen LogP contribution in [0.15, 0.2) is 40.6 Å². The number of hydrogen-bond donors (Lipinski definition) is 1. The average Bonchev–Trinajstić information content (AvgIpc) is 3.05. The summed E-state index contributed by atoms with van der Waals surface area (Å²) in [6, 6.07) is 9.07. The van der Waals surface area contributed by atoms with E-state index in [9.17, 15) is 9.59 Å². The second-order valence-electron chi connectivity index (χ2n) is 4.80. The van der Waals surface area contributed by atoms with Crippen LogP contribution in [0.1, 0.15) is 33.9 Å². The molecule has 23 heavy (non-hydrogen) atoms. The first-order valence-electron chi connectivity index (χ1n) is 7.43. The van der Waals surface area contributed by atoms with Crippen molar-refractivity contribution in [3.8, 4) is 0 Å². The quantitative estimate of drug-likeness (QED) is 0.796. The third-order valence-corrected chi connectivity index (χ3v) is 5.33. The molecule has 122 valence electrons. The van der Waals surface area contributed by atoms with Crippen molar-refractivity contribution in [1.82, 2.24) is 4.90 Å². The Bertz CT molecular complexity index is 693. The first kappa shape index (κ1) is 17.6. The average molecular weight is 348 g/mol. The predicted octanol–water partition coefficient (Wildman–Crippen LogP) is 4.20. The number of nitrogens with one attached hydrogen (secondary N) is 1. The van der Waals surface area contributed by atoms with Crippen molar-refractivity contribution in [3.05, 3.63) is 46.2 Å². The highest BCUT2D eigenvalue weighted by Gasteiger charge is 2.19. The van der Waals surface area contributed by atoms with Crippen LogP contribution < -0.4 is 5.32 Å². The number of anilines is 1. The lowest BCUT2D eigenvalue weighted by Crippen LogP contribution is -2.31. The molecule has 0 aliphatic rings. The number of hydrogen-bond acceptors (Lipinski definition) is 4. The molecule has 0 spiro atoms. The Morgan fingerprint density at radius 2 is 1.87 bits per heavy atom. The number of nitrogens with zero attached hydrogens (tertiary/aromatic N) is 1. The number of carbonyl (C=O) groups is 2. The van der Waals surface area contributed by atoms with Gasteiger partial charge in [-0.2, -0.15) is 0 Å². The van der Waals surface area contributed by atoms with E-state index in [2.05, 4.69) is 5.32 Å². The number of thioether (sulfide) groups is 1. The summed E-state index contributed by atoms with van der Waals surface area (Å²) in [4.78, 5) is 28.4. The fourth-order valence-electron chi connectivity index (χ4n) is 2.26. The Kier molecular flexibility index (Phi) is 6.24. The molecule has 1 N–H and O–H groups in total. The van der Waals surface area contributed by atoms with Gasteiger partial charge < -0.3 is 10.2 Å². The molecule has 1 aromatic carbocycles. The summed E-state index contributed by atoms with van der Waals surface area (Å²) < 4.78 is 0. The van der Waals surface area contributed by atoms with E-state index >= 15 is 0 Å². The van der Waals surface area contributed by atoms with Gasteiger partial charge in [-0.15, -0.1) is 23.1 Å². The lowest BCUT2D eigenvalue weighted by Gasteiger charge is -2.20. The summed E-state index contributed by atoms with van der Waals surface area (Å²) in [5, 5.41) is 4.78. The van der Waals surface area contributed by atoms with E-state index in [4.69, 9.17) is 0 Å². The molecule has 2 rings (SSSR count).